The minimum atomic E-state index is -0.331. The standard InChI is InChI=1S/C10H17NO2/c12-10(9-4-1-5-11-9)8-3-2-6-13-7-8/h7,9-12H,1-6H2. The van der Waals surface area contributed by atoms with E-state index < -0.39 is 0 Å². The van der Waals surface area contributed by atoms with Gasteiger partial charge < -0.3 is 15.2 Å². The quantitative estimate of drug-likeness (QED) is 0.665. The molecule has 2 N–H and O–H groups in total. The minimum absolute atomic E-state index is 0.257. The van der Waals surface area contributed by atoms with Gasteiger partial charge in [0.05, 0.1) is 19.0 Å². The van der Waals surface area contributed by atoms with Crippen molar-refractivity contribution in [2.75, 3.05) is 13.2 Å². The van der Waals surface area contributed by atoms with Gasteiger partial charge in [0.25, 0.3) is 0 Å². The van der Waals surface area contributed by atoms with Crippen LogP contribution in [0.5, 0.6) is 0 Å². The first kappa shape index (κ1) is 9.03. The van der Waals surface area contributed by atoms with E-state index in [1.165, 1.54) is 6.42 Å². The van der Waals surface area contributed by atoms with Crippen LogP contribution in [0.3, 0.4) is 0 Å². The lowest BCUT2D eigenvalue weighted by molar-refractivity contribution is 0.142. The largest absolute Gasteiger partial charge is 0.501 e. The van der Waals surface area contributed by atoms with Crippen molar-refractivity contribution in [3.8, 4) is 0 Å². The summed E-state index contributed by atoms with van der Waals surface area (Å²) in [5.41, 5.74) is 1.06. The first-order valence-electron chi connectivity index (χ1n) is 5.10. The van der Waals surface area contributed by atoms with E-state index in [-0.39, 0.29) is 12.1 Å². The van der Waals surface area contributed by atoms with Crippen molar-refractivity contribution in [1.29, 1.82) is 0 Å². The molecule has 3 nitrogen and oxygen atoms in total. The molecule has 1 saturated heterocycles. The molecule has 2 rings (SSSR count). The van der Waals surface area contributed by atoms with E-state index in [1.54, 1.807) is 6.26 Å². The first-order chi connectivity index (χ1) is 6.38. The maximum absolute atomic E-state index is 9.96. The zero-order valence-corrected chi connectivity index (χ0v) is 7.83. The number of hydrogen-bond acceptors (Lipinski definition) is 3. The van der Waals surface area contributed by atoms with Crippen LogP contribution in [0.2, 0.25) is 0 Å². The molecule has 0 spiro atoms. The van der Waals surface area contributed by atoms with Gasteiger partial charge in [-0.1, -0.05) is 0 Å². The second-order valence-electron chi connectivity index (χ2n) is 3.81. The molecule has 74 valence electrons. The highest BCUT2D eigenvalue weighted by Gasteiger charge is 2.26. The Bertz CT molecular complexity index is 197. The van der Waals surface area contributed by atoms with Crippen molar-refractivity contribution < 1.29 is 9.84 Å². The van der Waals surface area contributed by atoms with E-state index in [2.05, 4.69) is 5.32 Å². The average molecular weight is 183 g/mol. The summed E-state index contributed by atoms with van der Waals surface area (Å²) in [4.78, 5) is 0. The predicted molar refractivity (Wildman–Crippen MR) is 50.3 cm³/mol. The Morgan fingerprint density at radius 1 is 1.54 bits per heavy atom. The Kier molecular flexibility index (Phi) is 2.86. The molecule has 0 aromatic carbocycles. The van der Waals surface area contributed by atoms with Crippen molar-refractivity contribution in [3.05, 3.63) is 11.8 Å². The smallest absolute Gasteiger partial charge is 0.0935 e. The van der Waals surface area contributed by atoms with E-state index in [0.29, 0.717) is 0 Å². The topological polar surface area (TPSA) is 41.5 Å². The van der Waals surface area contributed by atoms with E-state index >= 15 is 0 Å². The lowest BCUT2D eigenvalue weighted by Crippen LogP contribution is -2.36. The molecule has 0 bridgehead atoms. The average Bonchev–Trinajstić information content (AvgIpc) is 2.71. The van der Waals surface area contributed by atoms with Crippen LogP contribution in [0.4, 0.5) is 0 Å². The molecule has 0 saturated carbocycles. The molecule has 13 heavy (non-hydrogen) atoms. The molecule has 2 unspecified atom stereocenters. The summed E-state index contributed by atoms with van der Waals surface area (Å²) < 4.78 is 5.21. The van der Waals surface area contributed by atoms with E-state index in [4.69, 9.17) is 4.74 Å². The molecule has 2 heterocycles. The normalized spacial score (nSPS) is 30.8. The van der Waals surface area contributed by atoms with Gasteiger partial charge in [-0.05, 0) is 37.8 Å². The third kappa shape index (κ3) is 2.03. The Labute approximate surface area is 78.8 Å². The summed E-state index contributed by atoms with van der Waals surface area (Å²) in [6, 6.07) is 0.257. The van der Waals surface area contributed by atoms with Crippen molar-refractivity contribution in [2.45, 2.75) is 37.8 Å². The van der Waals surface area contributed by atoms with Crippen LogP contribution in [0, 0.1) is 0 Å². The van der Waals surface area contributed by atoms with Gasteiger partial charge in [-0.15, -0.1) is 0 Å². The summed E-state index contributed by atoms with van der Waals surface area (Å²) in [5, 5.41) is 13.3. The fourth-order valence-corrected chi connectivity index (χ4v) is 2.04. The van der Waals surface area contributed by atoms with Crippen molar-refractivity contribution in [1.82, 2.24) is 5.32 Å². The maximum Gasteiger partial charge on any atom is 0.0935 e. The Morgan fingerprint density at radius 2 is 2.46 bits per heavy atom. The Balaban J connectivity index is 1.94. The molecular weight excluding hydrogens is 166 g/mol. The Morgan fingerprint density at radius 3 is 3.08 bits per heavy atom. The summed E-state index contributed by atoms with van der Waals surface area (Å²) >= 11 is 0. The van der Waals surface area contributed by atoms with Gasteiger partial charge in [-0.2, -0.15) is 0 Å². The number of nitrogens with one attached hydrogen (secondary N) is 1. The highest BCUT2D eigenvalue weighted by atomic mass is 16.5. The minimum Gasteiger partial charge on any atom is -0.501 e. The monoisotopic (exact) mass is 183 g/mol. The highest BCUT2D eigenvalue weighted by Crippen LogP contribution is 2.21. The van der Waals surface area contributed by atoms with Gasteiger partial charge in [0.1, 0.15) is 0 Å². The lowest BCUT2D eigenvalue weighted by atomic mass is 9.97. The predicted octanol–water partition coefficient (Wildman–Crippen LogP) is 0.794. The number of rotatable bonds is 2. The molecule has 2 atom stereocenters. The van der Waals surface area contributed by atoms with Gasteiger partial charge in [0.15, 0.2) is 0 Å². The van der Waals surface area contributed by atoms with E-state index in [9.17, 15) is 5.11 Å². The zero-order chi connectivity index (χ0) is 9.10. The van der Waals surface area contributed by atoms with Gasteiger partial charge in [-0.25, -0.2) is 0 Å². The molecule has 2 aliphatic heterocycles. The summed E-state index contributed by atoms with van der Waals surface area (Å²) in [6.45, 7) is 1.84. The van der Waals surface area contributed by atoms with Crippen LogP contribution < -0.4 is 5.32 Å². The maximum atomic E-state index is 9.96. The molecule has 0 radical (unpaired) electrons. The Hall–Kier alpha value is -0.540. The van der Waals surface area contributed by atoms with Crippen molar-refractivity contribution >= 4 is 0 Å². The zero-order valence-electron chi connectivity index (χ0n) is 7.83. The van der Waals surface area contributed by atoms with Crippen LogP contribution in [0.25, 0.3) is 0 Å². The molecule has 0 aliphatic carbocycles. The third-order valence-corrected chi connectivity index (χ3v) is 2.82. The molecular formula is C10H17NO2. The SMILES string of the molecule is OC(C1=COCCC1)C1CCCN1. The molecule has 3 heteroatoms. The lowest BCUT2D eigenvalue weighted by Gasteiger charge is -2.23. The van der Waals surface area contributed by atoms with E-state index in [0.717, 1.165) is 38.0 Å². The number of ether oxygens (including phenoxy) is 1. The molecule has 0 aromatic heterocycles. The van der Waals surface area contributed by atoms with Crippen molar-refractivity contribution in [2.24, 2.45) is 0 Å². The van der Waals surface area contributed by atoms with Gasteiger partial charge in [0.2, 0.25) is 0 Å². The molecule has 2 aliphatic rings. The second-order valence-corrected chi connectivity index (χ2v) is 3.81. The number of aliphatic hydroxyl groups is 1. The van der Waals surface area contributed by atoms with Gasteiger partial charge in [-0.3, -0.25) is 0 Å². The molecule has 0 amide bonds. The van der Waals surface area contributed by atoms with Gasteiger partial charge >= 0.3 is 0 Å². The van der Waals surface area contributed by atoms with Gasteiger partial charge in [0, 0.05) is 6.04 Å². The van der Waals surface area contributed by atoms with Crippen molar-refractivity contribution in [3.63, 3.8) is 0 Å². The summed E-state index contributed by atoms with van der Waals surface area (Å²) in [7, 11) is 0. The second kappa shape index (κ2) is 4.11. The number of hydrogen-bond donors (Lipinski definition) is 2. The fourth-order valence-electron chi connectivity index (χ4n) is 2.04. The molecule has 1 fully saturated rings. The third-order valence-electron chi connectivity index (χ3n) is 2.82. The van der Waals surface area contributed by atoms with E-state index in [1.807, 2.05) is 0 Å². The van der Waals surface area contributed by atoms with Crippen LogP contribution >= 0.6 is 0 Å². The molecule has 0 aromatic rings. The van der Waals surface area contributed by atoms with Crippen LogP contribution in [-0.2, 0) is 4.74 Å². The first-order valence-corrected chi connectivity index (χ1v) is 5.10. The fraction of sp³-hybridized carbons (Fsp3) is 0.800. The highest BCUT2D eigenvalue weighted by molar-refractivity contribution is 5.11. The number of aliphatic hydroxyl groups excluding tert-OH is 1. The van der Waals surface area contributed by atoms with Crippen LogP contribution in [0.15, 0.2) is 11.8 Å². The van der Waals surface area contributed by atoms with Crippen LogP contribution in [0.1, 0.15) is 25.7 Å². The summed E-state index contributed by atoms with van der Waals surface area (Å²) in [5.74, 6) is 0. The summed E-state index contributed by atoms with van der Waals surface area (Å²) in [6.07, 6.45) is 5.69. The van der Waals surface area contributed by atoms with Crippen LogP contribution in [-0.4, -0.2) is 30.4 Å².